The molecule has 0 aliphatic carbocycles. The van der Waals surface area contributed by atoms with Gasteiger partial charge >= 0.3 is 0 Å². The Morgan fingerprint density at radius 3 is 2.70 bits per heavy atom. The van der Waals surface area contributed by atoms with Crippen molar-refractivity contribution in [1.82, 2.24) is 4.72 Å². The van der Waals surface area contributed by atoms with Crippen LogP contribution in [0.5, 0.6) is 0 Å². The molecule has 1 aliphatic heterocycles. The number of hydrogen-bond acceptors (Lipinski definition) is 4. The van der Waals surface area contributed by atoms with Gasteiger partial charge in [-0.1, -0.05) is 30.3 Å². The van der Waals surface area contributed by atoms with Gasteiger partial charge in [-0.3, -0.25) is 0 Å². The monoisotopic (exact) mass is 315 g/mol. The number of thioether (sulfide) groups is 1. The highest BCUT2D eigenvalue weighted by Crippen LogP contribution is 2.30. The van der Waals surface area contributed by atoms with E-state index in [1.54, 1.807) is 18.9 Å². The SMILES string of the molecule is COC1(CNS(=O)(=O)CCc2ccccc2)CCSC1. The Bertz CT molecular complexity index is 510. The standard InChI is InChI=1S/C14H21NO3S2/c1-18-14(8-9-19-12-14)11-15-20(16,17)10-7-13-5-3-2-4-6-13/h2-6,15H,7-12H2,1H3. The van der Waals surface area contributed by atoms with Crippen LogP contribution in [0.15, 0.2) is 30.3 Å². The van der Waals surface area contributed by atoms with Gasteiger partial charge in [-0.25, -0.2) is 13.1 Å². The first-order chi connectivity index (χ1) is 9.55. The summed E-state index contributed by atoms with van der Waals surface area (Å²) in [5, 5.41) is 0. The summed E-state index contributed by atoms with van der Waals surface area (Å²) in [6, 6.07) is 9.66. The fourth-order valence-corrected chi connectivity index (χ4v) is 4.70. The molecule has 1 N–H and O–H groups in total. The van der Waals surface area contributed by atoms with E-state index in [-0.39, 0.29) is 11.4 Å². The average molecular weight is 315 g/mol. The molecule has 1 aromatic rings. The number of ether oxygens (including phenoxy) is 1. The maximum atomic E-state index is 12.0. The van der Waals surface area contributed by atoms with E-state index in [4.69, 9.17) is 4.74 Å². The molecule has 1 fully saturated rings. The highest BCUT2D eigenvalue weighted by Gasteiger charge is 2.35. The van der Waals surface area contributed by atoms with E-state index in [0.29, 0.717) is 13.0 Å². The lowest BCUT2D eigenvalue weighted by Gasteiger charge is -2.26. The van der Waals surface area contributed by atoms with E-state index in [1.165, 1.54) is 0 Å². The zero-order valence-corrected chi connectivity index (χ0v) is 13.3. The minimum Gasteiger partial charge on any atom is -0.376 e. The zero-order valence-electron chi connectivity index (χ0n) is 11.7. The quantitative estimate of drug-likeness (QED) is 0.831. The molecule has 0 bridgehead atoms. The molecule has 1 saturated heterocycles. The second-order valence-corrected chi connectivity index (χ2v) is 8.10. The molecule has 6 heteroatoms. The summed E-state index contributed by atoms with van der Waals surface area (Å²) < 4.78 is 32.3. The van der Waals surface area contributed by atoms with Crippen molar-refractivity contribution in [3.8, 4) is 0 Å². The lowest BCUT2D eigenvalue weighted by atomic mass is 10.0. The fraction of sp³-hybridized carbons (Fsp3) is 0.571. The molecule has 1 aliphatic rings. The molecule has 1 aromatic carbocycles. The molecule has 0 aromatic heterocycles. The summed E-state index contributed by atoms with van der Waals surface area (Å²) in [7, 11) is -1.60. The number of benzene rings is 1. The van der Waals surface area contributed by atoms with Gasteiger partial charge in [0.2, 0.25) is 10.0 Å². The Morgan fingerprint density at radius 2 is 2.10 bits per heavy atom. The van der Waals surface area contributed by atoms with Crippen molar-refractivity contribution in [1.29, 1.82) is 0 Å². The van der Waals surface area contributed by atoms with Crippen LogP contribution in [0.25, 0.3) is 0 Å². The molecule has 112 valence electrons. The first kappa shape index (κ1) is 15.8. The number of aryl methyl sites for hydroxylation is 1. The summed E-state index contributed by atoms with van der Waals surface area (Å²) in [4.78, 5) is 0. The third-order valence-corrected chi connectivity index (χ3v) is 6.17. The average Bonchev–Trinajstić information content (AvgIpc) is 2.94. The van der Waals surface area contributed by atoms with Crippen LogP contribution >= 0.6 is 11.8 Å². The van der Waals surface area contributed by atoms with E-state index in [1.807, 2.05) is 30.3 Å². The van der Waals surface area contributed by atoms with Crippen molar-refractivity contribution in [3.05, 3.63) is 35.9 Å². The molecule has 4 nitrogen and oxygen atoms in total. The van der Waals surface area contributed by atoms with Gasteiger partial charge in [-0.2, -0.15) is 11.8 Å². The minimum absolute atomic E-state index is 0.115. The van der Waals surface area contributed by atoms with Crippen LogP contribution in [0, 0.1) is 0 Å². The van der Waals surface area contributed by atoms with E-state index in [2.05, 4.69) is 4.72 Å². The summed E-state index contributed by atoms with van der Waals surface area (Å²) in [5.74, 6) is 1.99. The van der Waals surface area contributed by atoms with E-state index < -0.39 is 10.0 Å². The van der Waals surface area contributed by atoms with Crippen LogP contribution in [0.1, 0.15) is 12.0 Å². The van der Waals surface area contributed by atoms with E-state index >= 15 is 0 Å². The summed E-state index contributed by atoms with van der Waals surface area (Å²) >= 11 is 1.81. The topological polar surface area (TPSA) is 55.4 Å². The molecule has 1 heterocycles. The second-order valence-electron chi connectivity index (χ2n) is 5.07. The van der Waals surface area contributed by atoms with Crippen molar-refractivity contribution in [2.24, 2.45) is 0 Å². The molecule has 2 rings (SSSR count). The van der Waals surface area contributed by atoms with Crippen LogP contribution in [0.2, 0.25) is 0 Å². The molecule has 1 atom stereocenters. The second kappa shape index (κ2) is 6.93. The molecule has 0 radical (unpaired) electrons. The molecular formula is C14H21NO3S2. The minimum atomic E-state index is -3.25. The van der Waals surface area contributed by atoms with Gasteiger partial charge in [-0.05, 0) is 24.2 Å². The van der Waals surface area contributed by atoms with Crippen LogP contribution in [0.4, 0.5) is 0 Å². The smallest absolute Gasteiger partial charge is 0.212 e. The van der Waals surface area contributed by atoms with Gasteiger partial charge in [0.05, 0.1) is 11.4 Å². The maximum Gasteiger partial charge on any atom is 0.212 e. The maximum absolute atomic E-state index is 12.0. The van der Waals surface area contributed by atoms with E-state index in [9.17, 15) is 8.42 Å². The normalized spacial score (nSPS) is 23.1. The third kappa shape index (κ3) is 4.48. The van der Waals surface area contributed by atoms with Gasteiger partial charge in [0.15, 0.2) is 0 Å². The lowest BCUT2D eigenvalue weighted by Crippen LogP contribution is -2.45. The lowest BCUT2D eigenvalue weighted by molar-refractivity contribution is 0.0179. The predicted octanol–water partition coefficient (Wildman–Crippen LogP) is 1.67. The van der Waals surface area contributed by atoms with Gasteiger partial charge in [0.1, 0.15) is 0 Å². The van der Waals surface area contributed by atoms with Gasteiger partial charge in [-0.15, -0.1) is 0 Å². The van der Waals surface area contributed by atoms with Crippen LogP contribution < -0.4 is 4.72 Å². The first-order valence-corrected chi connectivity index (χ1v) is 9.50. The third-order valence-electron chi connectivity index (χ3n) is 3.62. The van der Waals surface area contributed by atoms with Crippen LogP contribution in [-0.2, 0) is 21.2 Å². The van der Waals surface area contributed by atoms with Gasteiger partial charge in [0.25, 0.3) is 0 Å². The molecular weight excluding hydrogens is 294 g/mol. The van der Waals surface area contributed by atoms with E-state index in [0.717, 1.165) is 23.5 Å². The van der Waals surface area contributed by atoms with Gasteiger partial charge < -0.3 is 4.74 Å². The zero-order chi connectivity index (χ0) is 14.5. The highest BCUT2D eigenvalue weighted by atomic mass is 32.2. The van der Waals surface area contributed by atoms with Crippen LogP contribution in [0.3, 0.4) is 0 Å². The van der Waals surface area contributed by atoms with Crippen molar-refractivity contribution in [2.45, 2.75) is 18.4 Å². The van der Waals surface area contributed by atoms with Crippen molar-refractivity contribution >= 4 is 21.8 Å². The summed E-state index contributed by atoms with van der Waals surface area (Å²) in [6.07, 6.45) is 1.43. The Hall–Kier alpha value is -0.560. The molecule has 20 heavy (non-hydrogen) atoms. The number of methoxy groups -OCH3 is 1. The summed E-state index contributed by atoms with van der Waals surface area (Å²) in [6.45, 7) is 0.369. The van der Waals surface area contributed by atoms with Crippen molar-refractivity contribution < 1.29 is 13.2 Å². The summed E-state index contributed by atoms with van der Waals surface area (Å²) in [5.41, 5.74) is 0.709. The molecule has 0 spiro atoms. The molecule has 0 amide bonds. The number of sulfonamides is 1. The Morgan fingerprint density at radius 1 is 1.35 bits per heavy atom. The van der Waals surface area contributed by atoms with Gasteiger partial charge in [0, 0.05) is 19.4 Å². The Kier molecular flexibility index (Phi) is 5.49. The molecule has 1 unspecified atom stereocenters. The fourth-order valence-electron chi connectivity index (χ4n) is 2.17. The largest absolute Gasteiger partial charge is 0.376 e. The number of hydrogen-bond donors (Lipinski definition) is 1. The Balaban J connectivity index is 1.85. The van der Waals surface area contributed by atoms with Crippen molar-refractivity contribution in [3.63, 3.8) is 0 Å². The predicted molar refractivity (Wildman–Crippen MR) is 83.6 cm³/mol. The Labute approximate surface area is 125 Å². The number of rotatable bonds is 7. The number of nitrogens with one attached hydrogen (secondary N) is 1. The first-order valence-electron chi connectivity index (χ1n) is 6.69. The van der Waals surface area contributed by atoms with Crippen molar-refractivity contribution in [2.75, 3.05) is 30.9 Å². The molecule has 0 saturated carbocycles. The highest BCUT2D eigenvalue weighted by molar-refractivity contribution is 7.99. The van der Waals surface area contributed by atoms with Crippen LogP contribution in [-0.4, -0.2) is 44.9 Å².